The molecule has 0 atom stereocenters. The topological polar surface area (TPSA) is 76.9 Å². The SMILES string of the molecule is CCOc1ccc(CN)cc1-c1cnn(CC#N)c1. The average Bonchev–Trinajstić information content (AvgIpc) is 2.88. The van der Waals surface area contributed by atoms with Gasteiger partial charge in [-0.3, -0.25) is 4.68 Å². The smallest absolute Gasteiger partial charge is 0.128 e. The lowest BCUT2D eigenvalue weighted by atomic mass is 10.0. The summed E-state index contributed by atoms with van der Waals surface area (Å²) in [5, 5.41) is 12.8. The maximum atomic E-state index is 8.67. The maximum absolute atomic E-state index is 8.67. The Kier molecular flexibility index (Phi) is 4.16. The van der Waals surface area contributed by atoms with E-state index in [9.17, 15) is 0 Å². The van der Waals surface area contributed by atoms with E-state index in [4.69, 9.17) is 15.7 Å². The molecule has 0 aliphatic heterocycles. The van der Waals surface area contributed by atoms with Crippen LogP contribution in [0.4, 0.5) is 0 Å². The Balaban J connectivity index is 2.42. The first kappa shape index (κ1) is 13.1. The number of nitrogens with zero attached hydrogens (tertiary/aromatic N) is 3. The number of nitriles is 1. The first-order valence-corrected chi connectivity index (χ1v) is 6.14. The van der Waals surface area contributed by atoms with E-state index >= 15 is 0 Å². The molecule has 0 aliphatic carbocycles. The number of hydrogen-bond donors (Lipinski definition) is 1. The van der Waals surface area contributed by atoms with E-state index in [1.807, 2.05) is 31.3 Å². The van der Waals surface area contributed by atoms with E-state index in [2.05, 4.69) is 11.2 Å². The monoisotopic (exact) mass is 256 g/mol. The number of ether oxygens (including phenoxy) is 1. The highest BCUT2D eigenvalue weighted by molar-refractivity contribution is 5.70. The Hall–Kier alpha value is -2.32. The molecule has 0 amide bonds. The van der Waals surface area contributed by atoms with Gasteiger partial charge in [0.05, 0.1) is 18.9 Å². The molecular formula is C14H16N4O. The summed E-state index contributed by atoms with van der Waals surface area (Å²) in [5.74, 6) is 0.802. The molecule has 5 heteroatoms. The first-order chi connectivity index (χ1) is 9.28. The molecule has 0 radical (unpaired) electrons. The summed E-state index contributed by atoms with van der Waals surface area (Å²) in [6.07, 6.45) is 3.57. The number of aromatic nitrogens is 2. The Bertz CT molecular complexity index is 598. The summed E-state index contributed by atoms with van der Waals surface area (Å²) in [7, 11) is 0. The van der Waals surface area contributed by atoms with Crippen molar-refractivity contribution in [1.82, 2.24) is 9.78 Å². The zero-order valence-corrected chi connectivity index (χ0v) is 10.8. The van der Waals surface area contributed by atoms with Crippen LogP contribution >= 0.6 is 0 Å². The van der Waals surface area contributed by atoms with Crippen LogP contribution < -0.4 is 10.5 Å². The van der Waals surface area contributed by atoms with Gasteiger partial charge < -0.3 is 10.5 Å². The molecule has 0 spiro atoms. The molecule has 0 unspecified atom stereocenters. The van der Waals surface area contributed by atoms with Gasteiger partial charge in [-0.2, -0.15) is 10.4 Å². The second kappa shape index (κ2) is 6.03. The van der Waals surface area contributed by atoms with E-state index in [-0.39, 0.29) is 6.54 Å². The molecule has 2 N–H and O–H groups in total. The van der Waals surface area contributed by atoms with Crippen molar-refractivity contribution in [2.45, 2.75) is 20.0 Å². The van der Waals surface area contributed by atoms with E-state index in [1.54, 1.807) is 10.9 Å². The lowest BCUT2D eigenvalue weighted by Crippen LogP contribution is -1.99. The van der Waals surface area contributed by atoms with Crippen LogP contribution in [0.3, 0.4) is 0 Å². The van der Waals surface area contributed by atoms with Crippen LogP contribution in [0.15, 0.2) is 30.6 Å². The summed E-state index contributed by atoms with van der Waals surface area (Å²) in [5.41, 5.74) is 8.58. The molecule has 0 saturated heterocycles. The molecule has 1 aromatic carbocycles. The minimum Gasteiger partial charge on any atom is -0.493 e. The standard InChI is InChI=1S/C14H16N4O/c1-2-19-14-4-3-11(8-16)7-13(14)12-9-17-18(10-12)6-5-15/h3-4,7,9-10H,2,6,8,16H2,1H3. The molecule has 98 valence electrons. The van der Waals surface area contributed by atoms with E-state index in [0.29, 0.717) is 13.2 Å². The molecule has 2 rings (SSSR count). The number of nitrogens with two attached hydrogens (primary N) is 1. The number of rotatable bonds is 5. The van der Waals surface area contributed by atoms with Gasteiger partial charge in [0.25, 0.3) is 0 Å². The van der Waals surface area contributed by atoms with Crippen LogP contribution in [-0.4, -0.2) is 16.4 Å². The van der Waals surface area contributed by atoms with Gasteiger partial charge in [-0.25, -0.2) is 0 Å². The Morgan fingerprint density at radius 3 is 3.00 bits per heavy atom. The lowest BCUT2D eigenvalue weighted by molar-refractivity contribution is 0.341. The molecule has 1 heterocycles. The van der Waals surface area contributed by atoms with Crippen molar-refractivity contribution in [3.8, 4) is 22.9 Å². The fraction of sp³-hybridized carbons (Fsp3) is 0.286. The minimum absolute atomic E-state index is 0.237. The maximum Gasteiger partial charge on any atom is 0.128 e. The Morgan fingerprint density at radius 1 is 1.47 bits per heavy atom. The van der Waals surface area contributed by atoms with E-state index < -0.39 is 0 Å². The summed E-state index contributed by atoms with van der Waals surface area (Å²) in [6.45, 7) is 3.26. The van der Waals surface area contributed by atoms with Gasteiger partial charge in [0.1, 0.15) is 12.3 Å². The third-order valence-electron chi connectivity index (χ3n) is 2.76. The Labute approximate surface area is 112 Å². The van der Waals surface area contributed by atoms with Crippen molar-refractivity contribution in [2.24, 2.45) is 5.73 Å². The minimum atomic E-state index is 0.237. The van der Waals surface area contributed by atoms with Crippen molar-refractivity contribution < 1.29 is 4.74 Å². The molecule has 0 saturated carbocycles. The molecule has 0 bridgehead atoms. The molecule has 0 aliphatic rings. The van der Waals surface area contributed by atoms with Gasteiger partial charge in [0.2, 0.25) is 0 Å². The first-order valence-electron chi connectivity index (χ1n) is 6.14. The van der Waals surface area contributed by atoms with Gasteiger partial charge >= 0.3 is 0 Å². The van der Waals surface area contributed by atoms with E-state index in [1.165, 1.54) is 0 Å². The van der Waals surface area contributed by atoms with Crippen LogP contribution in [0.25, 0.3) is 11.1 Å². The van der Waals surface area contributed by atoms with Crippen LogP contribution in [0.2, 0.25) is 0 Å². The fourth-order valence-electron chi connectivity index (χ4n) is 1.87. The van der Waals surface area contributed by atoms with Crippen molar-refractivity contribution in [3.05, 3.63) is 36.2 Å². The molecule has 0 fully saturated rings. The Morgan fingerprint density at radius 2 is 2.32 bits per heavy atom. The van der Waals surface area contributed by atoms with Gasteiger partial charge in [0.15, 0.2) is 0 Å². The van der Waals surface area contributed by atoms with Crippen molar-refractivity contribution in [2.75, 3.05) is 6.61 Å². The fourth-order valence-corrected chi connectivity index (χ4v) is 1.87. The van der Waals surface area contributed by atoms with Crippen molar-refractivity contribution in [1.29, 1.82) is 5.26 Å². The normalized spacial score (nSPS) is 10.2. The quantitative estimate of drug-likeness (QED) is 0.886. The number of hydrogen-bond acceptors (Lipinski definition) is 4. The number of benzene rings is 1. The largest absolute Gasteiger partial charge is 0.493 e. The third-order valence-corrected chi connectivity index (χ3v) is 2.76. The van der Waals surface area contributed by atoms with Gasteiger partial charge in [-0.15, -0.1) is 0 Å². The summed E-state index contributed by atoms with van der Waals surface area (Å²) < 4.78 is 7.21. The van der Waals surface area contributed by atoms with Crippen molar-refractivity contribution >= 4 is 0 Å². The van der Waals surface area contributed by atoms with Crippen LogP contribution in [-0.2, 0) is 13.1 Å². The molecule has 19 heavy (non-hydrogen) atoms. The van der Waals surface area contributed by atoms with Gasteiger partial charge in [0, 0.05) is 23.9 Å². The second-order valence-electron chi connectivity index (χ2n) is 4.05. The highest BCUT2D eigenvalue weighted by Gasteiger charge is 2.09. The van der Waals surface area contributed by atoms with Crippen LogP contribution in [0, 0.1) is 11.3 Å². The highest BCUT2D eigenvalue weighted by atomic mass is 16.5. The predicted molar refractivity (Wildman–Crippen MR) is 72.3 cm³/mol. The summed E-state index contributed by atoms with van der Waals surface area (Å²) in [6, 6.07) is 7.93. The molecule has 1 aromatic heterocycles. The molecule has 2 aromatic rings. The highest BCUT2D eigenvalue weighted by Crippen LogP contribution is 2.30. The summed E-state index contributed by atoms with van der Waals surface area (Å²) in [4.78, 5) is 0. The molecular weight excluding hydrogens is 240 g/mol. The third kappa shape index (κ3) is 2.92. The van der Waals surface area contributed by atoms with Crippen molar-refractivity contribution in [3.63, 3.8) is 0 Å². The van der Waals surface area contributed by atoms with E-state index in [0.717, 1.165) is 22.4 Å². The average molecular weight is 256 g/mol. The zero-order valence-electron chi connectivity index (χ0n) is 10.8. The van der Waals surface area contributed by atoms with Gasteiger partial charge in [-0.1, -0.05) is 6.07 Å². The lowest BCUT2D eigenvalue weighted by Gasteiger charge is -2.10. The van der Waals surface area contributed by atoms with Gasteiger partial charge in [-0.05, 0) is 24.6 Å². The summed E-state index contributed by atoms with van der Waals surface area (Å²) >= 11 is 0. The van der Waals surface area contributed by atoms with Crippen LogP contribution in [0.5, 0.6) is 5.75 Å². The zero-order chi connectivity index (χ0) is 13.7. The van der Waals surface area contributed by atoms with Crippen LogP contribution in [0.1, 0.15) is 12.5 Å². The molecule has 5 nitrogen and oxygen atoms in total. The second-order valence-corrected chi connectivity index (χ2v) is 4.05. The predicted octanol–water partition coefficient (Wildman–Crippen LogP) is 1.93.